The van der Waals surface area contributed by atoms with Gasteiger partial charge in [-0.15, -0.1) is 0 Å². The smallest absolute Gasteiger partial charge is 0.178 e. The first-order chi connectivity index (χ1) is 8.56. The normalized spacial score (nSPS) is 13.0. The van der Waals surface area contributed by atoms with Crippen molar-refractivity contribution in [1.29, 1.82) is 0 Å². The Hall–Kier alpha value is -2.43. The summed E-state index contributed by atoms with van der Waals surface area (Å²) in [4.78, 5) is 12.8. The van der Waals surface area contributed by atoms with Crippen LogP contribution in [0.5, 0.6) is 0 Å². The highest BCUT2D eigenvalue weighted by atomic mass is 16.3. The Kier molecular flexibility index (Phi) is 3.23. The molecule has 0 saturated heterocycles. The third-order valence-electron chi connectivity index (χ3n) is 2.19. The average Bonchev–Trinajstić information content (AvgIpc) is 2.28. The summed E-state index contributed by atoms with van der Waals surface area (Å²) in [6.07, 6.45) is 4.60. The second kappa shape index (κ2) is 4.83. The van der Waals surface area contributed by atoms with E-state index < -0.39 is 0 Å². The maximum Gasteiger partial charge on any atom is 0.178 e. The maximum atomic E-state index is 9.33. The number of pyridine rings is 1. The van der Waals surface area contributed by atoms with Gasteiger partial charge in [0.1, 0.15) is 5.52 Å². The lowest BCUT2D eigenvalue weighted by Crippen LogP contribution is -1.96. The van der Waals surface area contributed by atoms with Crippen molar-refractivity contribution in [2.24, 2.45) is 0 Å². The van der Waals surface area contributed by atoms with E-state index in [-0.39, 0.29) is 11.5 Å². The van der Waals surface area contributed by atoms with Gasteiger partial charge in [-0.05, 0) is 26.0 Å². The molecule has 2 rings (SSSR count). The predicted octanol–water partition coefficient (Wildman–Crippen LogP) is 2.86. The minimum atomic E-state index is 0.116. The van der Waals surface area contributed by atoms with Crippen LogP contribution in [0.15, 0.2) is 29.8 Å². The fourth-order valence-electron chi connectivity index (χ4n) is 1.53. The van der Waals surface area contributed by atoms with Gasteiger partial charge in [-0.1, -0.05) is 0 Å². The molecule has 5 nitrogen and oxygen atoms in total. The molecule has 18 heavy (non-hydrogen) atoms. The molecular weight excluding hydrogens is 230 g/mol. The highest BCUT2D eigenvalue weighted by molar-refractivity contribution is 5.74. The SMILES string of the molecule is C/C(O)=C/c1nc2cccnc2nc1/C=C(/C)O. The van der Waals surface area contributed by atoms with E-state index in [9.17, 15) is 10.2 Å². The maximum absolute atomic E-state index is 9.33. The molecule has 0 unspecified atom stereocenters. The fourth-order valence-corrected chi connectivity index (χ4v) is 1.53. The first kappa shape index (κ1) is 12.0. The van der Waals surface area contributed by atoms with Crippen LogP contribution in [0.4, 0.5) is 0 Å². The quantitative estimate of drug-likeness (QED) is 0.793. The van der Waals surface area contributed by atoms with E-state index in [1.54, 1.807) is 32.2 Å². The van der Waals surface area contributed by atoms with E-state index in [0.29, 0.717) is 22.6 Å². The summed E-state index contributed by atoms with van der Waals surface area (Å²) in [5.74, 6) is 0.239. The lowest BCUT2D eigenvalue weighted by Gasteiger charge is -2.03. The van der Waals surface area contributed by atoms with Gasteiger partial charge in [0.25, 0.3) is 0 Å². The van der Waals surface area contributed by atoms with Gasteiger partial charge >= 0.3 is 0 Å². The standard InChI is InChI=1S/C13H13N3O2/c1-8(17)6-11-12(7-9(2)18)16-13-10(15-11)4-3-5-14-13/h3-7,17-18H,1-2H3/b8-6-,9-7-. The molecule has 2 aromatic rings. The number of allylic oxidation sites excluding steroid dienone is 2. The van der Waals surface area contributed by atoms with Crippen LogP contribution in [-0.4, -0.2) is 25.2 Å². The molecule has 0 spiro atoms. The molecular formula is C13H13N3O2. The van der Waals surface area contributed by atoms with Crippen LogP contribution < -0.4 is 0 Å². The predicted molar refractivity (Wildman–Crippen MR) is 69.9 cm³/mol. The van der Waals surface area contributed by atoms with Crippen molar-refractivity contribution in [2.45, 2.75) is 13.8 Å². The summed E-state index contributed by atoms with van der Waals surface area (Å²) < 4.78 is 0. The van der Waals surface area contributed by atoms with Crippen LogP contribution >= 0.6 is 0 Å². The van der Waals surface area contributed by atoms with E-state index in [2.05, 4.69) is 15.0 Å². The Morgan fingerprint density at radius 3 is 2.28 bits per heavy atom. The summed E-state index contributed by atoms with van der Waals surface area (Å²) in [5.41, 5.74) is 2.09. The molecule has 5 heteroatoms. The Bertz CT molecular complexity index is 583. The summed E-state index contributed by atoms with van der Waals surface area (Å²) in [7, 11) is 0. The average molecular weight is 243 g/mol. The molecule has 0 atom stereocenters. The third-order valence-corrected chi connectivity index (χ3v) is 2.19. The molecule has 0 fully saturated rings. The molecule has 0 aliphatic carbocycles. The number of aliphatic hydroxyl groups excluding tert-OH is 2. The molecule has 2 N–H and O–H groups in total. The Labute approximate surface area is 104 Å². The van der Waals surface area contributed by atoms with Crippen LogP contribution in [0.3, 0.4) is 0 Å². The number of aromatic nitrogens is 3. The van der Waals surface area contributed by atoms with Gasteiger partial charge in [-0.3, -0.25) is 0 Å². The Morgan fingerprint density at radius 2 is 1.67 bits per heavy atom. The number of hydrogen-bond donors (Lipinski definition) is 2. The Morgan fingerprint density at radius 1 is 1.06 bits per heavy atom. The van der Waals surface area contributed by atoms with Crippen molar-refractivity contribution in [3.8, 4) is 0 Å². The lowest BCUT2D eigenvalue weighted by molar-refractivity contribution is 0.418. The number of nitrogens with zero attached hydrogens (tertiary/aromatic N) is 3. The molecule has 0 aromatic carbocycles. The van der Waals surface area contributed by atoms with Gasteiger partial charge in [-0.25, -0.2) is 15.0 Å². The zero-order valence-corrected chi connectivity index (χ0v) is 10.1. The molecule has 2 aromatic heterocycles. The highest BCUT2D eigenvalue weighted by Gasteiger charge is 2.06. The van der Waals surface area contributed by atoms with E-state index in [0.717, 1.165) is 0 Å². The minimum Gasteiger partial charge on any atom is -0.513 e. The van der Waals surface area contributed by atoms with Gasteiger partial charge in [0.15, 0.2) is 5.65 Å². The number of rotatable bonds is 2. The van der Waals surface area contributed by atoms with Gasteiger partial charge in [-0.2, -0.15) is 0 Å². The second-order valence-corrected chi connectivity index (χ2v) is 3.91. The summed E-state index contributed by atoms with van der Waals surface area (Å²) in [5, 5.41) is 18.7. The molecule has 0 saturated carbocycles. The van der Waals surface area contributed by atoms with E-state index in [1.807, 2.05) is 0 Å². The zero-order valence-electron chi connectivity index (χ0n) is 10.1. The van der Waals surface area contributed by atoms with Crippen LogP contribution in [-0.2, 0) is 0 Å². The number of fused-ring (bicyclic) bond motifs is 1. The van der Waals surface area contributed by atoms with Crippen molar-refractivity contribution < 1.29 is 10.2 Å². The fraction of sp³-hybridized carbons (Fsp3) is 0.154. The third kappa shape index (κ3) is 2.63. The number of aliphatic hydroxyl groups is 2. The topological polar surface area (TPSA) is 79.1 Å². The van der Waals surface area contributed by atoms with Crippen LogP contribution in [0, 0.1) is 0 Å². The van der Waals surface area contributed by atoms with Crippen LogP contribution in [0.1, 0.15) is 25.2 Å². The van der Waals surface area contributed by atoms with Crippen molar-refractivity contribution >= 4 is 23.3 Å². The minimum absolute atomic E-state index is 0.116. The van der Waals surface area contributed by atoms with E-state index >= 15 is 0 Å². The molecule has 0 amide bonds. The molecule has 0 radical (unpaired) electrons. The van der Waals surface area contributed by atoms with Crippen molar-refractivity contribution in [3.05, 3.63) is 41.2 Å². The largest absolute Gasteiger partial charge is 0.513 e. The summed E-state index contributed by atoms with van der Waals surface area (Å²) >= 11 is 0. The first-order valence-corrected chi connectivity index (χ1v) is 5.43. The molecule has 92 valence electrons. The monoisotopic (exact) mass is 243 g/mol. The lowest BCUT2D eigenvalue weighted by atomic mass is 10.2. The summed E-state index contributed by atoms with van der Waals surface area (Å²) in [6.45, 7) is 3.10. The van der Waals surface area contributed by atoms with Gasteiger partial charge in [0.2, 0.25) is 0 Å². The van der Waals surface area contributed by atoms with Crippen molar-refractivity contribution in [3.63, 3.8) is 0 Å². The van der Waals surface area contributed by atoms with Gasteiger partial charge in [0.05, 0.1) is 22.9 Å². The van der Waals surface area contributed by atoms with Crippen LogP contribution in [0.2, 0.25) is 0 Å². The van der Waals surface area contributed by atoms with Gasteiger partial charge < -0.3 is 10.2 Å². The molecule has 2 heterocycles. The second-order valence-electron chi connectivity index (χ2n) is 3.91. The molecule has 0 aliphatic heterocycles. The van der Waals surface area contributed by atoms with E-state index in [4.69, 9.17) is 0 Å². The van der Waals surface area contributed by atoms with Crippen molar-refractivity contribution in [1.82, 2.24) is 15.0 Å². The van der Waals surface area contributed by atoms with Crippen LogP contribution in [0.25, 0.3) is 23.3 Å². The summed E-state index contributed by atoms with van der Waals surface area (Å²) in [6, 6.07) is 3.56. The molecule has 0 bridgehead atoms. The molecule has 0 aliphatic rings. The highest BCUT2D eigenvalue weighted by Crippen LogP contribution is 2.15. The van der Waals surface area contributed by atoms with Crippen molar-refractivity contribution in [2.75, 3.05) is 0 Å². The zero-order chi connectivity index (χ0) is 13.1. The van der Waals surface area contributed by atoms with E-state index in [1.165, 1.54) is 12.2 Å². The first-order valence-electron chi connectivity index (χ1n) is 5.43. The Balaban J connectivity index is 2.71. The van der Waals surface area contributed by atoms with Gasteiger partial charge in [0, 0.05) is 18.3 Å². The number of hydrogen-bond acceptors (Lipinski definition) is 5.